The van der Waals surface area contributed by atoms with Crippen LogP contribution in [0.1, 0.15) is 25.7 Å². The number of benzene rings is 1. The molecule has 1 aromatic heterocycles. The second-order valence-corrected chi connectivity index (χ2v) is 6.00. The van der Waals surface area contributed by atoms with Crippen molar-refractivity contribution in [2.24, 2.45) is 11.8 Å². The summed E-state index contributed by atoms with van der Waals surface area (Å²) >= 11 is 0. The van der Waals surface area contributed by atoms with Gasteiger partial charge in [-0.3, -0.25) is 4.79 Å². The molecule has 0 aliphatic heterocycles. The van der Waals surface area contributed by atoms with E-state index in [9.17, 15) is 4.79 Å². The number of nitrogens with one attached hydrogen (secondary N) is 1. The van der Waals surface area contributed by atoms with E-state index in [-0.39, 0.29) is 12.5 Å². The molecule has 2 aliphatic carbocycles. The van der Waals surface area contributed by atoms with E-state index < -0.39 is 0 Å². The molecule has 2 saturated carbocycles. The van der Waals surface area contributed by atoms with Crippen molar-refractivity contribution in [1.82, 2.24) is 20.3 Å². The smallest absolute Gasteiger partial charge is 0.242 e. The summed E-state index contributed by atoms with van der Waals surface area (Å²) in [5.41, 5.74) is 1.75. The Morgan fingerprint density at radius 1 is 1.25 bits per heavy atom. The third kappa shape index (κ3) is 2.28. The lowest BCUT2D eigenvalue weighted by Crippen LogP contribution is -2.40. The van der Waals surface area contributed by atoms with Crippen molar-refractivity contribution in [3.8, 4) is 0 Å². The molecule has 5 heteroatoms. The Kier molecular flexibility index (Phi) is 2.72. The van der Waals surface area contributed by atoms with Gasteiger partial charge in [0.25, 0.3) is 0 Å². The van der Waals surface area contributed by atoms with Crippen molar-refractivity contribution < 1.29 is 4.79 Å². The van der Waals surface area contributed by atoms with Crippen molar-refractivity contribution in [3.63, 3.8) is 0 Å². The fraction of sp³-hybridized carbons (Fsp3) is 0.533. The molecular weight excluding hydrogens is 252 g/mol. The normalized spacial score (nSPS) is 18.6. The predicted octanol–water partition coefficient (Wildman–Crippen LogP) is 1.74. The molecule has 2 aliphatic rings. The minimum Gasteiger partial charge on any atom is -0.351 e. The van der Waals surface area contributed by atoms with Crippen LogP contribution in [0.3, 0.4) is 0 Å². The molecule has 1 aromatic carbocycles. The summed E-state index contributed by atoms with van der Waals surface area (Å²) in [7, 11) is 0. The molecule has 20 heavy (non-hydrogen) atoms. The van der Waals surface area contributed by atoms with E-state index in [1.54, 1.807) is 4.68 Å². The number of hydrogen-bond acceptors (Lipinski definition) is 3. The zero-order valence-electron chi connectivity index (χ0n) is 11.3. The topological polar surface area (TPSA) is 59.8 Å². The van der Waals surface area contributed by atoms with Gasteiger partial charge < -0.3 is 5.32 Å². The molecule has 0 atom stereocenters. The summed E-state index contributed by atoms with van der Waals surface area (Å²) in [6, 6.07) is 8.13. The highest BCUT2D eigenvalue weighted by molar-refractivity contribution is 5.80. The van der Waals surface area contributed by atoms with Crippen LogP contribution in [0.25, 0.3) is 11.0 Å². The first-order valence-electron chi connectivity index (χ1n) is 7.39. The van der Waals surface area contributed by atoms with Gasteiger partial charge >= 0.3 is 0 Å². The minimum atomic E-state index is 0.0597. The average molecular weight is 270 g/mol. The van der Waals surface area contributed by atoms with Gasteiger partial charge in [-0.25, -0.2) is 4.68 Å². The maximum Gasteiger partial charge on any atom is 0.242 e. The molecule has 104 valence electrons. The lowest BCUT2D eigenvalue weighted by molar-refractivity contribution is -0.122. The van der Waals surface area contributed by atoms with E-state index in [0.717, 1.165) is 22.9 Å². The number of nitrogens with zero attached hydrogens (tertiary/aromatic N) is 3. The highest BCUT2D eigenvalue weighted by atomic mass is 16.2. The van der Waals surface area contributed by atoms with Crippen molar-refractivity contribution in [2.75, 3.05) is 0 Å². The van der Waals surface area contributed by atoms with Crippen LogP contribution in [0, 0.1) is 11.8 Å². The maximum atomic E-state index is 12.2. The monoisotopic (exact) mass is 270 g/mol. The summed E-state index contributed by atoms with van der Waals surface area (Å²) in [6.07, 6.45) is 5.09. The molecule has 2 aromatic rings. The van der Waals surface area contributed by atoms with Crippen LogP contribution in [-0.2, 0) is 11.3 Å². The summed E-state index contributed by atoms with van der Waals surface area (Å²) in [5, 5.41) is 11.4. The lowest BCUT2D eigenvalue weighted by Gasteiger charge is -2.17. The van der Waals surface area contributed by atoms with Crippen LogP contribution in [0.2, 0.25) is 0 Å². The third-order valence-electron chi connectivity index (χ3n) is 4.30. The average Bonchev–Trinajstić information content (AvgIpc) is 3.35. The quantitative estimate of drug-likeness (QED) is 0.900. The number of carbonyl (C=O) groups is 1. The van der Waals surface area contributed by atoms with Gasteiger partial charge in [-0.1, -0.05) is 17.3 Å². The number of amides is 1. The zero-order chi connectivity index (χ0) is 13.5. The summed E-state index contributed by atoms with van der Waals surface area (Å²) in [6.45, 7) is 0.260. The van der Waals surface area contributed by atoms with Gasteiger partial charge in [0, 0.05) is 6.04 Å². The van der Waals surface area contributed by atoms with Gasteiger partial charge in [-0.15, -0.1) is 5.10 Å². The standard InChI is InChI=1S/C15H18N4O/c20-14(16-15(10-5-6-10)11-7-8-11)9-19-13-4-2-1-3-12(13)17-18-19/h1-4,10-11,15H,5-9H2,(H,16,20). The van der Waals surface area contributed by atoms with Crippen molar-refractivity contribution >= 4 is 16.9 Å². The molecule has 0 saturated heterocycles. The molecule has 1 amide bonds. The molecule has 5 nitrogen and oxygen atoms in total. The third-order valence-corrected chi connectivity index (χ3v) is 4.30. The summed E-state index contributed by atoms with van der Waals surface area (Å²) in [4.78, 5) is 12.2. The molecule has 0 bridgehead atoms. The first-order valence-corrected chi connectivity index (χ1v) is 7.39. The van der Waals surface area contributed by atoms with Crippen LogP contribution in [-0.4, -0.2) is 26.9 Å². The fourth-order valence-electron chi connectivity index (χ4n) is 2.93. The molecule has 0 unspecified atom stereocenters. The van der Waals surface area contributed by atoms with E-state index in [1.807, 2.05) is 24.3 Å². The highest BCUT2D eigenvalue weighted by Crippen LogP contribution is 2.44. The van der Waals surface area contributed by atoms with Gasteiger partial charge in [0.15, 0.2) is 0 Å². The highest BCUT2D eigenvalue weighted by Gasteiger charge is 2.42. The first-order chi connectivity index (χ1) is 9.81. The maximum absolute atomic E-state index is 12.2. The Hall–Kier alpha value is -1.91. The molecule has 0 spiro atoms. The number of carbonyl (C=O) groups excluding carboxylic acids is 1. The molecule has 1 heterocycles. The van der Waals surface area contributed by atoms with E-state index in [2.05, 4.69) is 15.6 Å². The lowest BCUT2D eigenvalue weighted by atomic mass is 10.1. The van der Waals surface area contributed by atoms with Crippen molar-refractivity contribution in [2.45, 2.75) is 38.3 Å². The van der Waals surface area contributed by atoms with Crippen LogP contribution in [0.4, 0.5) is 0 Å². The first kappa shape index (κ1) is 11.9. The van der Waals surface area contributed by atoms with Gasteiger partial charge in [-0.05, 0) is 49.7 Å². The van der Waals surface area contributed by atoms with E-state index in [1.165, 1.54) is 25.7 Å². The van der Waals surface area contributed by atoms with Gasteiger partial charge in [0.2, 0.25) is 5.91 Å². The molecular formula is C15H18N4O. The predicted molar refractivity (Wildman–Crippen MR) is 74.9 cm³/mol. The summed E-state index contributed by atoms with van der Waals surface area (Å²) < 4.78 is 1.68. The second kappa shape index (κ2) is 4.58. The number of aromatic nitrogens is 3. The number of rotatable bonds is 5. The van der Waals surface area contributed by atoms with Gasteiger partial charge in [-0.2, -0.15) is 0 Å². The van der Waals surface area contributed by atoms with E-state index in [0.29, 0.717) is 6.04 Å². The van der Waals surface area contributed by atoms with Crippen molar-refractivity contribution in [3.05, 3.63) is 24.3 Å². The van der Waals surface area contributed by atoms with E-state index >= 15 is 0 Å². The Labute approximate surface area is 117 Å². The molecule has 0 radical (unpaired) electrons. The Balaban J connectivity index is 1.46. The van der Waals surface area contributed by atoms with Crippen LogP contribution >= 0.6 is 0 Å². The zero-order valence-corrected chi connectivity index (χ0v) is 11.3. The largest absolute Gasteiger partial charge is 0.351 e. The Morgan fingerprint density at radius 2 is 1.95 bits per heavy atom. The summed E-state index contributed by atoms with van der Waals surface area (Å²) in [5.74, 6) is 1.50. The van der Waals surface area contributed by atoms with Crippen LogP contribution < -0.4 is 5.32 Å². The van der Waals surface area contributed by atoms with Crippen LogP contribution in [0.5, 0.6) is 0 Å². The Bertz CT molecular complexity index is 630. The fourth-order valence-corrected chi connectivity index (χ4v) is 2.93. The number of fused-ring (bicyclic) bond motifs is 1. The molecule has 2 fully saturated rings. The van der Waals surface area contributed by atoms with Gasteiger partial charge in [0.05, 0.1) is 5.52 Å². The van der Waals surface area contributed by atoms with Crippen molar-refractivity contribution in [1.29, 1.82) is 0 Å². The SMILES string of the molecule is O=C(Cn1nnc2ccccc21)NC(C1CC1)C1CC1. The van der Waals surface area contributed by atoms with E-state index in [4.69, 9.17) is 0 Å². The van der Waals surface area contributed by atoms with Gasteiger partial charge in [0.1, 0.15) is 12.1 Å². The Morgan fingerprint density at radius 3 is 2.65 bits per heavy atom. The number of hydrogen-bond donors (Lipinski definition) is 1. The second-order valence-electron chi connectivity index (χ2n) is 6.00. The number of para-hydroxylation sites is 1. The molecule has 1 N–H and O–H groups in total. The minimum absolute atomic E-state index is 0.0597. The molecule has 4 rings (SSSR count). The van der Waals surface area contributed by atoms with Crippen LogP contribution in [0.15, 0.2) is 24.3 Å².